The monoisotopic (exact) mass is 392 g/mol. The van der Waals surface area contributed by atoms with Gasteiger partial charge in [-0.15, -0.1) is 0 Å². The first-order valence-corrected chi connectivity index (χ1v) is 9.81. The molecule has 1 amide bonds. The van der Waals surface area contributed by atoms with Gasteiger partial charge in [0.05, 0.1) is 26.8 Å². The lowest BCUT2D eigenvalue weighted by Gasteiger charge is -2.25. The van der Waals surface area contributed by atoms with Crippen molar-refractivity contribution in [1.82, 2.24) is 5.32 Å². The van der Waals surface area contributed by atoms with E-state index < -0.39 is 0 Å². The summed E-state index contributed by atoms with van der Waals surface area (Å²) < 4.78 is 10.8. The second-order valence-electron chi connectivity index (χ2n) is 6.91. The third-order valence-corrected chi connectivity index (χ3v) is 5.10. The van der Waals surface area contributed by atoms with Crippen LogP contribution >= 0.6 is 0 Å². The standard InChI is InChI=1S/C24H28N2O3/c1-5-26(22-12-8-10-18-9-6-7-11-20(18)22)16-24(27)25-17(2)21-15-19(28-3)13-14-23(21)29-4/h6-15,17H,5,16H2,1-4H3,(H,25,27). The van der Waals surface area contributed by atoms with E-state index in [1.165, 1.54) is 5.39 Å². The molecule has 0 aliphatic rings. The van der Waals surface area contributed by atoms with Crippen molar-refractivity contribution < 1.29 is 14.3 Å². The summed E-state index contributed by atoms with van der Waals surface area (Å²) in [6, 6.07) is 19.8. The van der Waals surface area contributed by atoms with Gasteiger partial charge in [-0.25, -0.2) is 0 Å². The zero-order valence-corrected chi connectivity index (χ0v) is 17.4. The third-order valence-electron chi connectivity index (χ3n) is 5.10. The Morgan fingerprint density at radius 2 is 1.79 bits per heavy atom. The molecule has 0 aliphatic heterocycles. The normalized spacial score (nSPS) is 11.7. The summed E-state index contributed by atoms with van der Waals surface area (Å²) >= 11 is 0. The van der Waals surface area contributed by atoms with Crippen LogP contribution in [0.5, 0.6) is 11.5 Å². The topological polar surface area (TPSA) is 50.8 Å². The number of likely N-dealkylation sites (N-methyl/N-ethyl adjacent to an activating group) is 1. The maximum absolute atomic E-state index is 12.8. The Bertz CT molecular complexity index is 982. The first kappa shape index (κ1) is 20.5. The van der Waals surface area contributed by atoms with Gasteiger partial charge in [-0.3, -0.25) is 4.79 Å². The van der Waals surface area contributed by atoms with Crippen LogP contribution < -0.4 is 19.7 Å². The van der Waals surface area contributed by atoms with Gasteiger partial charge in [-0.05, 0) is 43.5 Å². The van der Waals surface area contributed by atoms with Crippen LogP contribution in [0.1, 0.15) is 25.5 Å². The zero-order chi connectivity index (χ0) is 20.8. The highest BCUT2D eigenvalue weighted by Gasteiger charge is 2.18. The number of methoxy groups -OCH3 is 2. The van der Waals surface area contributed by atoms with Crippen molar-refractivity contribution in [3.05, 3.63) is 66.2 Å². The van der Waals surface area contributed by atoms with Crippen molar-refractivity contribution in [3.63, 3.8) is 0 Å². The Morgan fingerprint density at radius 1 is 1.03 bits per heavy atom. The predicted octanol–water partition coefficient (Wildman–Crippen LogP) is 4.56. The lowest BCUT2D eigenvalue weighted by molar-refractivity contribution is -0.120. The van der Waals surface area contributed by atoms with Gasteiger partial charge >= 0.3 is 0 Å². The highest BCUT2D eigenvalue weighted by atomic mass is 16.5. The van der Waals surface area contributed by atoms with Crippen LogP contribution in [0.25, 0.3) is 10.8 Å². The van der Waals surface area contributed by atoms with Crippen LogP contribution in [0, 0.1) is 0 Å². The molecule has 0 bridgehead atoms. The predicted molar refractivity (Wildman–Crippen MR) is 118 cm³/mol. The van der Waals surface area contributed by atoms with Crippen LogP contribution in [-0.4, -0.2) is 33.2 Å². The minimum Gasteiger partial charge on any atom is -0.497 e. The summed E-state index contributed by atoms with van der Waals surface area (Å²) in [5.41, 5.74) is 1.95. The summed E-state index contributed by atoms with van der Waals surface area (Å²) in [6.45, 7) is 5.02. The fraction of sp³-hybridized carbons (Fsp3) is 0.292. The van der Waals surface area contributed by atoms with E-state index >= 15 is 0 Å². The van der Waals surface area contributed by atoms with Crippen LogP contribution in [0.15, 0.2) is 60.7 Å². The average Bonchev–Trinajstić information content (AvgIpc) is 2.76. The number of fused-ring (bicyclic) bond motifs is 1. The Labute approximate surface area is 172 Å². The maximum Gasteiger partial charge on any atom is 0.239 e. The molecular formula is C24H28N2O3. The van der Waals surface area contributed by atoms with Gasteiger partial charge in [0.1, 0.15) is 11.5 Å². The smallest absolute Gasteiger partial charge is 0.239 e. The molecule has 0 aliphatic carbocycles. The van der Waals surface area contributed by atoms with E-state index in [-0.39, 0.29) is 18.5 Å². The van der Waals surface area contributed by atoms with E-state index in [9.17, 15) is 4.79 Å². The molecule has 0 fully saturated rings. The van der Waals surface area contributed by atoms with Gasteiger partial charge in [0.2, 0.25) is 5.91 Å². The van der Waals surface area contributed by atoms with Crippen molar-refractivity contribution in [1.29, 1.82) is 0 Å². The first-order valence-electron chi connectivity index (χ1n) is 9.81. The van der Waals surface area contributed by atoms with Gasteiger partial charge in [-0.2, -0.15) is 0 Å². The second kappa shape index (κ2) is 9.32. The number of benzene rings is 3. The molecule has 5 heteroatoms. The number of carbonyl (C=O) groups is 1. The molecule has 1 N–H and O–H groups in total. The summed E-state index contributed by atoms with van der Waals surface area (Å²) in [6.07, 6.45) is 0. The van der Waals surface area contributed by atoms with Crippen molar-refractivity contribution in [2.24, 2.45) is 0 Å². The Balaban J connectivity index is 1.77. The van der Waals surface area contributed by atoms with Gasteiger partial charge in [-0.1, -0.05) is 36.4 Å². The molecular weight excluding hydrogens is 364 g/mol. The molecule has 0 aromatic heterocycles. The average molecular weight is 392 g/mol. The molecule has 3 aromatic carbocycles. The first-order chi connectivity index (χ1) is 14.1. The largest absolute Gasteiger partial charge is 0.497 e. The second-order valence-corrected chi connectivity index (χ2v) is 6.91. The molecule has 0 saturated heterocycles. The molecule has 0 radical (unpaired) electrons. The minimum atomic E-state index is -0.209. The molecule has 1 atom stereocenters. The van der Waals surface area contributed by atoms with E-state index in [4.69, 9.17) is 9.47 Å². The van der Waals surface area contributed by atoms with Crippen LogP contribution in [-0.2, 0) is 4.79 Å². The quantitative estimate of drug-likeness (QED) is 0.611. The number of rotatable bonds is 8. The van der Waals surface area contributed by atoms with Gasteiger partial charge in [0.25, 0.3) is 0 Å². The Kier molecular flexibility index (Phi) is 6.60. The van der Waals surface area contributed by atoms with E-state index in [2.05, 4.69) is 41.4 Å². The maximum atomic E-state index is 12.8. The van der Waals surface area contributed by atoms with Crippen molar-refractivity contribution in [2.75, 3.05) is 32.2 Å². The number of carbonyl (C=O) groups excluding carboxylic acids is 1. The van der Waals surface area contributed by atoms with E-state index in [1.807, 2.05) is 43.3 Å². The fourth-order valence-electron chi connectivity index (χ4n) is 3.57. The summed E-state index contributed by atoms with van der Waals surface area (Å²) in [4.78, 5) is 14.9. The van der Waals surface area contributed by atoms with Gasteiger partial charge in [0, 0.05) is 23.2 Å². The van der Waals surface area contributed by atoms with Gasteiger partial charge in [0.15, 0.2) is 0 Å². The minimum absolute atomic E-state index is 0.0443. The Morgan fingerprint density at radius 3 is 2.52 bits per heavy atom. The van der Waals surface area contributed by atoms with E-state index in [0.29, 0.717) is 0 Å². The van der Waals surface area contributed by atoms with Crippen molar-refractivity contribution in [3.8, 4) is 11.5 Å². The number of hydrogen-bond donors (Lipinski definition) is 1. The molecule has 0 saturated carbocycles. The molecule has 5 nitrogen and oxygen atoms in total. The van der Waals surface area contributed by atoms with Crippen molar-refractivity contribution in [2.45, 2.75) is 19.9 Å². The number of amides is 1. The summed E-state index contributed by atoms with van der Waals surface area (Å²) in [5, 5.41) is 5.40. The molecule has 0 spiro atoms. The highest BCUT2D eigenvalue weighted by molar-refractivity contribution is 5.95. The summed E-state index contributed by atoms with van der Waals surface area (Å²) in [7, 11) is 3.25. The lowest BCUT2D eigenvalue weighted by atomic mass is 10.1. The van der Waals surface area contributed by atoms with Crippen LogP contribution in [0.3, 0.4) is 0 Å². The highest BCUT2D eigenvalue weighted by Crippen LogP contribution is 2.30. The molecule has 3 aromatic rings. The number of ether oxygens (including phenoxy) is 2. The molecule has 1 unspecified atom stereocenters. The van der Waals surface area contributed by atoms with E-state index in [0.717, 1.165) is 34.7 Å². The molecule has 152 valence electrons. The molecule has 0 heterocycles. The third kappa shape index (κ3) is 4.62. The van der Waals surface area contributed by atoms with Gasteiger partial charge < -0.3 is 19.7 Å². The van der Waals surface area contributed by atoms with Crippen LogP contribution in [0.2, 0.25) is 0 Å². The van der Waals surface area contributed by atoms with Crippen LogP contribution in [0.4, 0.5) is 5.69 Å². The number of anilines is 1. The number of nitrogens with one attached hydrogen (secondary N) is 1. The molecule has 3 rings (SSSR count). The van der Waals surface area contributed by atoms with E-state index in [1.54, 1.807) is 14.2 Å². The Hall–Kier alpha value is -3.21. The summed E-state index contributed by atoms with van der Waals surface area (Å²) in [5.74, 6) is 1.41. The lowest BCUT2D eigenvalue weighted by Crippen LogP contribution is -2.38. The van der Waals surface area contributed by atoms with Crippen molar-refractivity contribution >= 4 is 22.4 Å². The fourth-order valence-corrected chi connectivity index (χ4v) is 3.57. The molecule has 29 heavy (non-hydrogen) atoms. The number of hydrogen-bond acceptors (Lipinski definition) is 4. The zero-order valence-electron chi connectivity index (χ0n) is 17.4. The number of nitrogens with zero attached hydrogens (tertiary/aromatic N) is 1. The SMILES string of the molecule is CCN(CC(=O)NC(C)c1cc(OC)ccc1OC)c1cccc2ccccc12.